The van der Waals surface area contributed by atoms with Gasteiger partial charge < -0.3 is 0 Å². The summed E-state index contributed by atoms with van der Waals surface area (Å²) in [5.41, 5.74) is 1.63. The largest absolute Gasteiger partial charge is 0.283 e. The van der Waals surface area contributed by atoms with Gasteiger partial charge in [0, 0.05) is 18.0 Å². The molecule has 1 N–H and O–H groups in total. The molecule has 2 rings (SSSR count). The number of benzene rings is 1. The number of nitriles is 1. The molecule has 1 heterocycles. The van der Waals surface area contributed by atoms with Crippen LogP contribution in [0.25, 0.3) is 0 Å². The lowest BCUT2D eigenvalue weighted by atomic mass is 10.2. The van der Waals surface area contributed by atoms with Crippen molar-refractivity contribution >= 4 is 5.84 Å². The first-order valence-corrected chi connectivity index (χ1v) is 5.51. The van der Waals surface area contributed by atoms with E-state index in [1.807, 2.05) is 36.5 Å². The summed E-state index contributed by atoms with van der Waals surface area (Å²) in [6.45, 7) is 0.394. The molecule has 88 valence electrons. The number of nitrogens with zero attached hydrogens (tertiary/aromatic N) is 3. The van der Waals surface area contributed by atoms with E-state index in [9.17, 15) is 0 Å². The molecule has 0 unspecified atom stereocenters. The van der Waals surface area contributed by atoms with Gasteiger partial charge in [-0.2, -0.15) is 5.26 Å². The average Bonchev–Trinajstić information content (AvgIpc) is 2.46. The molecule has 0 amide bonds. The molecular weight excluding hydrogens is 224 g/mol. The van der Waals surface area contributed by atoms with Crippen molar-refractivity contribution in [1.82, 2.24) is 9.88 Å². The highest BCUT2D eigenvalue weighted by Gasteiger charge is 2.11. The van der Waals surface area contributed by atoms with E-state index in [1.54, 1.807) is 24.5 Å². The molecule has 0 aliphatic rings. The van der Waals surface area contributed by atoms with Crippen LogP contribution >= 0.6 is 0 Å². The van der Waals surface area contributed by atoms with Gasteiger partial charge in [0.25, 0.3) is 0 Å². The van der Waals surface area contributed by atoms with Gasteiger partial charge in [0.15, 0.2) is 6.19 Å². The van der Waals surface area contributed by atoms with Gasteiger partial charge in [-0.1, -0.05) is 30.3 Å². The van der Waals surface area contributed by atoms with E-state index in [-0.39, 0.29) is 5.84 Å². The topological polar surface area (TPSA) is 63.8 Å². The number of aromatic nitrogens is 1. The van der Waals surface area contributed by atoms with Gasteiger partial charge in [0.05, 0.1) is 6.54 Å². The van der Waals surface area contributed by atoms with E-state index in [1.165, 1.54) is 4.90 Å². The fraction of sp³-hybridized carbons (Fsp3) is 0.0714. The molecule has 0 saturated carbocycles. The third kappa shape index (κ3) is 2.71. The zero-order valence-corrected chi connectivity index (χ0v) is 9.74. The third-order valence-electron chi connectivity index (χ3n) is 2.51. The third-order valence-corrected chi connectivity index (χ3v) is 2.51. The molecule has 0 saturated heterocycles. The van der Waals surface area contributed by atoms with Crippen LogP contribution in [0, 0.1) is 16.9 Å². The van der Waals surface area contributed by atoms with Crippen LogP contribution in [0.4, 0.5) is 0 Å². The van der Waals surface area contributed by atoms with Crippen LogP contribution in [0.3, 0.4) is 0 Å². The van der Waals surface area contributed by atoms with Gasteiger partial charge in [0.1, 0.15) is 5.84 Å². The van der Waals surface area contributed by atoms with Crippen molar-refractivity contribution in [3.8, 4) is 6.19 Å². The highest BCUT2D eigenvalue weighted by Crippen LogP contribution is 2.08. The minimum atomic E-state index is 0.162. The Morgan fingerprint density at radius 3 is 2.61 bits per heavy atom. The van der Waals surface area contributed by atoms with Crippen molar-refractivity contribution in [2.75, 3.05) is 0 Å². The van der Waals surface area contributed by atoms with Crippen LogP contribution in [0.15, 0.2) is 54.9 Å². The van der Waals surface area contributed by atoms with E-state index < -0.39 is 0 Å². The summed E-state index contributed by atoms with van der Waals surface area (Å²) in [7, 11) is 0. The Labute approximate surface area is 106 Å². The van der Waals surface area contributed by atoms with Gasteiger partial charge in [-0.3, -0.25) is 15.3 Å². The first-order chi connectivity index (χ1) is 8.81. The molecule has 0 aliphatic heterocycles. The minimum absolute atomic E-state index is 0.162. The SMILES string of the molecule is N#CN(Cc1ccccc1)C(=N)c1cccnc1. The quantitative estimate of drug-likeness (QED) is 0.385. The van der Waals surface area contributed by atoms with Crippen LogP contribution in [0.2, 0.25) is 0 Å². The number of rotatable bonds is 3. The maximum absolute atomic E-state index is 9.13. The maximum Gasteiger partial charge on any atom is 0.185 e. The number of hydrogen-bond acceptors (Lipinski definition) is 3. The molecule has 0 bridgehead atoms. The van der Waals surface area contributed by atoms with Crippen molar-refractivity contribution in [2.24, 2.45) is 0 Å². The first kappa shape index (κ1) is 11.8. The van der Waals surface area contributed by atoms with E-state index in [0.717, 1.165) is 5.56 Å². The Kier molecular flexibility index (Phi) is 3.67. The molecule has 0 atom stereocenters. The number of pyridine rings is 1. The monoisotopic (exact) mass is 236 g/mol. The van der Waals surface area contributed by atoms with Gasteiger partial charge >= 0.3 is 0 Å². The van der Waals surface area contributed by atoms with E-state index in [2.05, 4.69) is 4.98 Å². The summed E-state index contributed by atoms with van der Waals surface area (Å²) < 4.78 is 0. The fourth-order valence-corrected chi connectivity index (χ4v) is 1.59. The van der Waals surface area contributed by atoms with Crippen molar-refractivity contribution in [1.29, 1.82) is 10.7 Å². The van der Waals surface area contributed by atoms with Crippen molar-refractivity contribution in [3.63, 3.8) is 0 Å². The number of hydrogen-bond donors (Lipinski definition) is 1. The lowest BCUT2D eigenvalue weighted by Gasteiger charge is -2.16. The molecule has 2 aromatic rings. The van der Waals surface area contributed by atoms with Crippen molar-refractivity contribution < 1.29 is 0 Å². The summed E-state index contributed by atoms with van der Waals surface area (Å²) in [6, 6.07) is 13.1. The first-order valence-electron chi connectivity index (χ1n) is 5.51. The molecule has 0 aliphatic carbocycles. The molecular formula is C14H12N4. The molecule has 0 spiro atoms. The second kappa shape index (κ2) is 5.60. The molecule has 18 heavy (non-hydrogen) atoms. The van der Waals surface area contributed by atoms with Crippen LogP contribution in [-0.4, -0.2) is 15.7 Å². The van der Waals surface area contributed by atoms with E-state index in [0.29, 0.717) is 12.1 Å². The van der Waals surface area contributed by atoms with Crippen molar-refractivity contribution in [3.05, 3.63) is 66.0 Å². The van der Waals surface area contributed by atoms with Crippen molar-refractivity contribution in [2.45, 2.75) is 6.54 Å². The van der Waals surface area contributed by atoms with E-state index in [4.69, 9.17) is 10.7 Å². The standard InChI is InChI=1S/C14H12N4/c15-11-18(10-12-5-2-1-3-6-12)14(16)13-7-4-8-17-9-13/h1-9,16H,10H2. The number of amidine groups is 1. The molecule has 1 aromatic heterocycles. The van der Waals surface area contributed by atoms with Gasteiger partial charge in [0.2, 0.25) is 0 Å². The average molecular weight is 236 g/mol. The van der Waals surface area contributed by atoms with Gasteiger partial charge in [-0.15, -0.1) is 0 Å². The highest BCUT2D eigenvalue weighted by atomic mass is 15.2. The molecule has 1 aromatic carbocycles. The Balaban J connectivity index is 2.16. The Morgan fingerprint density at radius 2 is 2.00 bits per heavy atom. The fourth-order valence-electron chi connectivity index (χ4n) is 1.59. The maximum atomic E-state index is 9.13. The molecule has 4 heteroatoms. The Hall–Kier alpha value is -2.67. The van der Waals surface area contributed by atoms with E-state index >= 15 is 0 Å². The molecule has 0 radical (unpaired) electrons. The predicted molar refractivity (Wildman–Crippen MR) is 68.7 cm³/mol. The van der Waals surface area contributed by atoms with Gasteiger partial charge in [-0.25, -0.2) is 0 Å². The van der Waals surface area contributed by atoms with Crippen LogP contribution in [0.5, 0.6) is 0 Å². The molecule has 4 nitrogen and oxygen atoms in total. The Bertz CT molecular complexity index is 557. The summed E-state index contributed by atoms with van der Waals surface area (Å²) in [5.74, 6) is 0.162. The smallest absolute Gasteiger partial charge is 0.185 e. The lowest BCUT2D eigenvalue weighted by molar-refractivity contribution is 0.568. The Morgan fingerprint density at radius 1 is 1.22 bits per heavy atom. The second-order valence-corrected chi connectivity index (χ2v) is 3.76. The summed E-state index contributed by atoms with van der Waals surface area (Å²) >= 11 is 0. The van der Waals surface area contributed by atoms with Crippen LogP contribution in [0.1, 0.15) is 11.1 Å². The van der Waals surface area contributed by atoms with Crippen LogP contribution < -0.4 is 0 Å². The second-order valence-electron chi connectivity index (χ2n) is 3.76. The van der Waals surface area contributed by atoms with Gasteiger partial charge in [-0.05, 0) is 17.7 Å². The summed E-state index contributed by atoms with van der Waals surface area (Å²) in [4.78, 5) is 5.29. The normalized spacial score (nSPS) is 9.50. The predicted octanol–water partition coefficient (Wildman–Crippen LogP) is 2.39. The number of nitrogens with one attached hydrogen (secondary N) is 1. The minimum Gasteiger partial charge on any atom is -0.283 e. The highest BCUT2D eigenvalue weighted by molar-refractivity contribution is 5.96. The van der Waals surface area contributed by atoms with Crippen LogP contribution in [-0.2, 0) is 6.54 Å². The summed E-state index contributed by atoms with van der Waals surface area (Å²) in [6.07, 6.45) is 5.25. The zero-order valence-electron chi connectivity index (χ0n) is 9.74. The zero-order chi connectivity index (χ0) is 12.8. The lowest BCUT2D eigenvalue weighted by Crippen LogP contribution is -2.25. The molecule has 0 fully saturated rings. The summed E-state index contributed by atoms with van der Waals surface area (Å²) in [5, 5.41) is 17.1.